The average molecular weight is 366 g/mol. The molecule has 4 aromatic rings. The van der Waals surface area contributed by atoms with E-state index in [9.17, 15) is 8.42 Å². The van der Waals surface area contributed by atoms with Gasteiger partial charge >= 0.3 is 0 Å². The van der Waals surface area contributed by atoms with Crippen LogP contribution in [0, 0.1) is 0 Å². The molecule has 1 aromatic heterocycles. The van der Waals surface area contributed by atoms with Crippen molar-refractivity contribution in [1.29, 1.82) is 0 Å². The van der Waals surface area contributed by atoms with E-state index in [1.807, 2.05) is 17.5 Å². The molecule has 0 aliphatic carbocycles. The van der Waals surface area contributed by atoms with Crippen LogP contribution in [0.5, 0.6) is 0 Å². The first kappa shape index (κ1) is 16.0. The summed E-state index contributed by atoms with van der Waals surface area (Å²) in [5.74, 6) is 0. The molecule has 4 nitrogen and oxygen atoms in total. The zero-order valence-electron chi connectivity index (χ0n) is 13.1. The highest BCUT2D eigenvalue weighted by Gasteiger charge is 2.10. The van der Waals surface area contributed by atoms with Crippen molar-refractivity contribution in [3.63, 3.8) is 0 Å². The maximum Gasteiger partial charge on any atom is 0.238 e. The van der Waals surface area contributed by atoms with Crippen molar-refractivity contribution >= 4 is 32.1 Å². The minimum atomic E-state index is -3.68. The zero-order valence-corrected chi connectivity index (χ0v) is 14.7. The smallest absolute Gasteiger partial charge is 0.236 e. The SMILES string of the molecule is NS(=O)(=O)c1ccc(-c2nc(-c3ccc4ccccc4c3)cs2)cc1. The van der Waals surface area contributed by atoms with Crippen LogP contribution >= 0.6 is 11.3 Å². The first-order valence-corrected chi connectivity index (χ1v) is 10.0. The van der Waals surface area contributed by atoms with Crippen LogP contribution in [0.4, 0.5) is 0 Å². The molecule has 6 heteroatoms. The van der Waals surface area contributed by atoms with Crippen molar-refractivity contribution in [3.8, 4) is 21.8 Å². The standard InChI is InChI=1S/C19H14N2O2S2/c20-25(22,23)17-9-7-14(8-10-17)19-21-18(12-24-19)16-6-5-13-3-1-2-4-15(13)11-16/h1-12H,(H2,20,22,23). The van der Waals surface area contributed by atoms with Gasteiger partial charge in [0.05, 0.1) is 10.6 Å². The van der Waals surface area contributed by atoms with Crippen LogP contribution in [0.15, 0.2) is 77.0 Å². The Morgan fingerprint density at radius 1 is 0.840 bits per heavy atom. The molecule has 4 rings (SSSR count). The molecular weight excluding hydrogens is 352 g/mol. The highest BCUT2D eigenvalue weighted by molar-refractivity contribution is 7.89. The summed E-state index contributed by atoms with van der Waals surface area (Å²) in [5, 5.41) is 10.3. The fourth-order valence-electron chi connectivity index (χ4n) is 2.67. The first-order chi connectivity index (χ1) is 12.0. The van der Waals surface area contributed by atoms with Gasteiger partial charge in [0.2, 0.25) is 10.0 Å². The molecule has 0 aliphatic heterocycles. The highest BCUT2D eigenvalue weighted by Crippen LogP contribution is 2.30. The molecule has 0 aliphatic rings. The largest absolute Gasteiger partial charge is 0.238 e. The van der Waals surface area contributed by atoms with E-state index in [2.05, 4.69) is 35.3 Å². The summed E-state index contributed by atoms with van der Waals surface area (Å²) in [6.07, 6.45) is 0. The maximum atomic E-state index is 11.3. The third kappa shape index (κ3) is 3.19. The first-order valence-electron chi connectivity index (χ1n) is 7.59. The van der Waals surface area contributed by atoms with Gasteiger partial charge in [0, 0.05) is 16.5 Å². The maximum absolute atomic E-state index is 11.3. The lowest BCUT2D eigenvalue weighted by molar-refractivity contribution is 0.598. The predicted octanol–water partition coefficient (Wildman–Crippen LogP) is 4.28. The van der Waals surface area contributed by atoms with Gasteiger partial charge < -0.3 is 0 Å². The van der Waals surface area contributed by atoms with Crippen LogP contribution in [-0.4, -0.2) is 13.4 Å². The van der Waals surface area contributed by atoms with E-state index in [0.717, 1.165) is 21.8 Å². The van der Waals surface area contributed by atoms with Gasteiger partial charge in [-0.05, 0) is 29.0 Å². The van der Waals surface area contributed by atoms with Gasteiger partial charge in [0.15, 0.2) is 0 Å². The number of fused-ring (bicyclic) bond motifs is 1. The Labute approximate surface area is 149 Å². The second-order valence-corrected chi connectivity index (χ2v) is 8.09. The molecule has 124 valence electrons. The number of aromatic nitrogens is 1. The number of thiazole rings is 1. The number of nitrogens with two attached hydrogens (primary N) is 1. The molecule has 0 amide bonds. The van der Waals surface area contributed by atoms with Crippen molar-refractivity contribution in [2.24, 2.45) is 5.14 Å². The summed E-state index contributed by atoms with van der Waals surface area (Å²) in [6.45, 7) is 0. The summed E-state index contributed by atoms with van der Waals surface area (Å²) in [4.78, 5) is 4.79. The second-order valence-electron chi connectivity index (χ2n) is 5.67. The summed E-state index contributed by atoms with van der Waals surface area (Å²) < 4.78 is 22.7. The van der Waals surface area contributed by atoms with E-state index in [4.69, 9.17) is 5.14 Å². The Hall–Kier alpha value is -2.54. The molecule has 0 saturated carbocycles. The van der Waals surface area contributed by atoms with Crippen molar-refractivity contribution in [2.45, 2.75) is 4.90 Å². The van der Waals surface area contributed by atoms with Crippen LogP contribution < -0.4 is 5.14 Å². The Balaban J connectivity index is 1.69. The van der Waals surface area contributed by atoms with Crippen LogP contribution in [0.1, 0.15) is 0 Å². The average Bonchev–Trinajstić information content (AvgIpc) is 3.11. The summed E-state index contributed by atoms with van der Waals surface area (Å²) >= 11 is 1.52. The van der Waals surface area contributed by atoms with Crippen molar-refractivity contribution < 1.29 is 8.42 Å². The van der Waals surface area contributed by atoms with E-state index < -0.39 is 10.0 Å². The lowest BCUT2D eigenvalue weighted by Crippen LogP contribution is -2.11. The minimum absolute atomic E-state index is 0.0996. The second kappa shape index (κ2) is 6.07. The lowest BCUT2D eigenvalue weighted by atomic mass is 10.1. The molecule has 0 unspecified atom stereocenters. The van der Waals surface area contributed by atoms with E-state index >= 15 is 0 Å². The highest BCUT2D eigenvalue weighted by atomic mass is 32.2. The molecule has 2 N–H and O–H groups in total. The molecule has 3 aromatic carbocycles. The van der Waals surface area contributed by atoms with E-state index in [0.29, 0.717) is 0 Å². The number of hydrogen-bond donors (Lipinski definition) is 1. The molecule has 25 heavy (non-hydrogen) atoms. The van der Waals surface area contributed by atoms with E-state index in [-0.39, 0.29) is 4.90 Å². The van der Waals surface area contributed by atoms with Gasteiger partial charge in [-0.25, -0.2) is 18.5 Å². The lowest BCUT2D eigenvalue weighted by Gasteiger charge is -2.01. The Kier molecular flexibility index (Phi) is 3.88. The molecule has 1 heterocycles. The number of nitrogens with zero attached hydrogens (tertiary/aromatic N) is 1. The van der Waals surface area contributed by atoms with Crippen LogP contribution in [0.25, 0.3) is 32.6 Å². The number of primary sulfonamides is 1. The van der Waals surface area contributed by atoms with Crippen molar-refractivity contribution in [3.05, 3.63) is 72.1 Å². The van der Waals surface area contributed by atoms with Crippen molar-refractivity contribution in [1.82, 2.24) is 4.98 Å². The predicted molar refractivity (Wildman–Crippen MR) is 102 cm³/mol. The molecule has 0 saturated heterocycles. The van der Waals surface area contributed by atoms with Gasteiger partial charge in [-0.1, -0.05) is 48.5 Å². The van der Waals surface area contributed by atoms with Crippen LogP contribution in [0.3, 0.4) is 0 Å². The number of hydrogen-bond acceptors (Lipinski definition) is 4. The fourth-order valence-corrected chi connectivity index (χ4v) is 4.03. The van der Waals surface area contributed by atoms with Gasteiger partial charge in [-0.15, -0.1) is 11.3 Å². The van der Waals surface area contributed by atoms with E-state index in [1.165, 1.54) is 34.2 Å². The number of rotatable bonds is 3. The molecule has 0 atom stereocenters. The summed E-state index contributed by atoms with van der Waals surface area (Å²) in [6, 6.07) is 20.9. The van der Waals surface area contributed by atoms with E-state index in [1.54, 1.807) is 12.1 Å². The fraction of sp³-hybridized carbons (Fsp3) is 0. The zero-order chi connectivity index (χ0) is 17.4. The molecule has 0 spiro atoms. The van der Waals surface area contributed by atoms with Crippen LogP contribution in [-0.2, 0) is 10.0 Å². The van der Waals surface area contributed by atoms with Gasteiger partial charge in [0.1, 0.15) is 5.01 Å². The number of benzene rings is 3. The monoisotopic (exact) mass is 366 g/mol. The van der Waals surface area contributed by atoms with Gasteiger partial charge in [-0.3, -0.25) is 0 Å². The minimum Gasteiger partial charge on any atom is -0.236 e. The molecule has 0 fully saturated rings. The van der Waals surface area contributed by atoms with Gasteiger partial charge in [-0.2, -0.15) is 0 Å². The summed E-state index contributed by atoms with van der Waals surface area (Å²) in [5.41, 5.74) is 2.83. The number of sulfonamides is 1. The third-order valence-electron chi connectivity index (χ3n) is 3.98. The normalized spacial score (nSPS) is 11.7. The molecule has 0 bridgehead atoms. The topological polar surface area (TPSA) is 73.1 Å². The molecule has 0 radical (unpaired) electrons. The van der Waals surface area contributed by atoms with Crippen LogP contribution in [0.2, 0.25) is 0 Å². The Bertz CT molecular complexity index is 1160. The quantitative estimate of drug-likeness (QED) is 0.588. The molecular formula is C19H14N2O2S2. The third-order valence-corrected chi connectivity index (χ3v) is 5.80. The Morgan fingerprint density at radius 2 is 1.52 bits per heavy atom. The van der Waals surface area contributed by atoms with Gasteiger partial charge in [0.25, 0.3) is 0 Å². The van der Waals surface area contributed by atoms with Crippen molar-refractivity contribution in [2.75, 3.05) is 0 Å². The summed E-state index contributed by atoms with van der Waals surface area (Å²) in [7, 11) is -3.68. The Morgan fingerprint density at radius 3 is 2.24 bits per heavy atom.